The van der Waals surface area contributed by atoms with E-state index >= 15 is 0 Å². The van der Waals surface area contributed by atoms with Crippen LogP contribution in [0.3, 0.4) is 0 Å². The number of Topliss-reactive ketones (excluding diaryl/α,β-unsaturated/α-hetero) is 1. The lowest BCUT2D eigenvalue weighted by atomic mass is 9.99. The lowest BCUT2D eigenvalue weighted by Gasteiger charge is -2.31. The van der Waals surface area contributed by atoms with Crippen molar-refractivity contribution in [2.24, 2.45) is 5.92 Å². The molecule has 1 saturated heterocycles. The van der Waals surface area contributed by atoms with E-state index < -0.39 is 5.82 Å². The van der Waals surface area contributed by atoms with Gasteiger partial charge in [0.2, 0.25) is 0 Å². The van der Waals surface area contributed by atoms with E-state index in [2.05, 4.69) is 9.88 Å². The molecule has 0 bridgehead atoms. The van der Waals surface area contributed by atoms with E-state index in [0.717, 1.165) is 32.1 Å². The maximum atomic E-state index is 12.7. The smallest absolute Gasteiger partial charge is 0.182 e. The molecule has 2 heterocycles. The van der Waals surface area contributed by atoms with Crippen molar-refractivity contribution in [3.8, 4) is 0 Å². The van der Waals surface area contributed by atoms with Gasteiger partial charge in [0, 0.05) is 26.1 Å². The molecule has 4 nitrogen and oxygen atoms in total. The second-order valence-electron chi connectivity index (χ2n) is 5.03. The van der Waals surface area contributed by atoms with Crippen LogP contribution in [0.2, 0.25) is 0 Å². The summed E-state index contributed by atoms with van der Waals surface area (Å²) in [6, 6.07) is 2.67. The molecule has 1 aromatic rings. The summed E-state index contributed by atoms with van der Waals surface area (Å²) in [5.74, 6) is -0.169. The van der Waals surface area contributed by atoms with E-state index in [9.17, 15) is 9.18 Å². The summed E-state index contributed by atoms with van der Waals surface area (Å²) >= 11 is 0. The maximum absolute atomic E-state index is 12.7. The van der Waals surface area contributed by atoms with Gasteiger partial charge in [-0.15, -0.1) is 0 Å². The molecule has 1 atom stereocenters. The number of piperidine rings is 1. The SMILES string of the molecule is O=C(CCN1CCCC(CO)C1)c1ccc(F)cn1. The fraction of sp³-hybridized carbons (Fsp3) is 0.571. The Morgan fingerprint density at radius 3 is 3.05 bits per heavy atom. The van der Waals surface area contributed by atoms with Crippen LogP contribution in [-0.2, 0) is 0 Å². The molecule has 0 amide bonds. The Balaban J connectivity index is 1.81. The highest BCUT2D eigenvalue weighted by Gasteiger charge is 2.19. The number of aliphatic hydroxyl groups excluding tert-OH is 1. The Bertz CT molecular complexity index is 422. The number of aliphatic hydroxyl groups is 1. The lowest BCUT2D eigenvalue weighted by molar-refractivity contribution is 0.0912. The molecular formula is C14H19FN2O2. The molecule has 1 unspecified atom stereocenters. The van der Waals surface area contributed by atoms with Crippen LogP contribution in [0, 0.1) is 11.7 Å². The zero-order valence-electron chi connectivity index (χ0n) is 10.9. The van der Waals surface area contributed by atoms with E-state index in [1.54, 1.807) is 0 Å². The standard InChI is InChI=1S/C14H19FN2O2/c15-12-3-4-13(16-8-12)14(19)5-7-17-6-1-2-11(9-17)10-18/h3-4,8,11,18H,1-2,5-7,9-10H2. The summed E-state index contributed by atoms with van der Waals surface area (Å²) in [5, 5.41) is 9.15. The molecule has 19 heavy (non-hydrogen) atoms. The number of carbonyl (C=O) groups is 1. The number of hydrogen-bond donors (Lipinski definition) is 1. The van der Waals surface area contributed by atoms with Crippen molar-refractivity contribution in [3.05, 3.63) is 29.8 Å². The number of nitrogens with zero attached hydrogens (tertiary/aromatic N) is 2. The fourth-order valence-corrected chi connectivity index (χ4v) is 2.43. The van der Waals surface area contributed by atoms with E-state index in [-0.39, 0.29) is 12.4 Å². The summed E-state index contributed by atoms with van der Waals surface area (Å²) < 4.78 is 12.7. The number of rotatable bonds is 5. The predicted molar refractivity (Wildman–Crippen MR) is 69.4 cm³/mol. The molecule has 0 saturated carbocycles. The van der Waals surface area contributed by atoms with E-state index in [1.165, 1.54) is 12.1 Å². The summed E-state index contributed by atoms with van der Waals surface area (Å²) in [4.78, 5) is 17.9. The molecule has 1 fully saturated rings. The number of ketones is 1. The normalized spacial score (nSPS) is 20.4. The summed E-state index contributed by atoms with van der Waals surface area (Å²) in [5.41, 5.74) is 0.317. The third-order valence-electron chi connectivity index (χ3n) is 3.53. The molecule has 0 aromatic carbocycles. The molecule has 1 aliphatic heterocycles. The summed E-state index contributed by atoms with van der Waals surface area (Å²) in [6.07, 6.45) is 3.57. The van der Waals surface area contributed by atoms with Crippen molar-refractivity contribution < 1.29 is 14.3 Å². The fourth-order valence-electron chi connectivity index (χ4n) is 2.43. The molecule has 2 rings (SSSR count). The molecule has 1 N–H and O–H groups in total. The van der Waals surface area contributed by atoms with Gasteiger partial charge in [-0.3, -0.25) is 9.78 Å². The van der Waals surface area contributed by atoms with E-state index in [1.807, 2.05) is 0 Å². The van der Waals surface area contributed by atoms with Gasteiger partial charge < -0.3 is 10.0 Å². The number of carbonyl (C=O) groups excluding carboxylic acids is 1. The first-order valence-electron chi connectivity index (χ1n) is 6.67. The molecule has 1 aliphatic rings. The summed E-state index contributed by atoms with van der Waals surface area (Å²) in [7, 11) is 0. The number of hydrogen-bond acceptors (Lipinski definition) is 4. The second kappa shape index (κ2) is 6.73. The second-order valence-corrected chi connectivity index (χ2v) is 5.03. The van der Waals surface area contributed by atoms with Crippen LogP contribution in [0.25, 0.3) is 0 Å². The van der Waals surface area contributed by atoms with Gasteiger partial charge in [0.25, 0.3) is 0 Å². The van der Waals surface area contributed by atoms with Crippen molar-refractivity contribution in [2.75, 3.05) is 26.2 Å². The molecule has 104 valence electrons. The van der Waals surface area contributed by atoms with E-state index in [4.69, 9.17) is 5.11 Å². The quantitative estimate of drug-likeness (QED) is 0.821. The number of pyridine rings is 1. The van der Waals surface area contributed by atoms with Crippen LogP contribution in [0.4, 0.5) is 4.39 Å². The van der Waals surface area contributed by atoms with Crippen LogP contribution >= 0.6 is 0 Å². The number of halogens is 1. The Morgan fingerprint density at radius 2 is 2.37 bits per heavy atom. The first-order valence-corrected chi connectivity index (χ1v) is 6.67. The minimum absolute atomic E-state index is 0.0638. The van der Waals surface area contributed by atoms with Crippen molar-refractivity contribution in [1.29, 1.82) is 0 Å². The van der Waals surface area contributed by atoms with Gasteiger partial charge in [-0.05, 0) is 37.4 Å². The van der Waals surface area contributed by atoms with Gasteiger partial charge in [-0.2, -0.15) is 0 Å². The highest BCUT2D eigenvalue weighted by molar-refractivity contribution is 5.94. The van der Waals surface area contributed by atoms with Gasteiger partial charge in [0.1, 0.15) is 11.5 Å². The van der Waals surface area contributed by atoms with Crippen LogP contribution in [0.5, 0.6) is 0 Å². The molecule has 0 radical (unpaired) electrons. The Hall–Kier alpha value is -1.33. The van der Waals surface area contributed by atoms with Gasteiger partial charge in [0.05, 0.1) is 6.20 Å². The minimum atomic E-state index is -0.432. The average Bonchev–Trinajstić information content (AvgIpc) is 2.46. The van der Waals surface area contributed by atoms with Crippen molar-refractivity contribution in [1.82, 2.24) is 9.88 Å². The molecular weight excluding hydrogens is 247 g/mol. The monoisotopic (exact) mass is 266 g/mol. The van der Waals surface area contributed by atoms with Crippen LogP contribution in [-0.4, -0.2) is 47.0 Å². The van der Waals surface area contributed by atoms with Crippen LogP contribution in [0.1, 0.15) is 29.8 Å². The largest absolute Gasteiger partial charge is 0.396 e. The maximum Gasteiger partial charge on any atom is 0.182 e. The third kappa shape index (κ3) is 4.08. The van der Waals surface area contributed by atoms with Gasteiger partial charge >= 0.3 is 0 Å². The van der Waals surface area contributed by atoms with Gasteiger partial charge in [-0.25, -0.2) is 4.39 Å². The highest BCUT2D eigenvalue weighted by atomic mass is 19.1. The van der Waals surface area contributed by atoms with Crippen molar-refractivity contribution in [3.63, 3.8) is 0 Å². The number of likely N-dealkylation sites (tertiary alicyclic amines) is 1. The highest BCUT2D eigenvalue weighted by Crippen LogP contribution is 2.16. The molecule has 5 heteroatoms. The van der Waals surface area contributed by atoms with Gasteiger partial charge in [0.15, 0.2) is 5.78 Å². The topological polar surface area (TPSA) is 53.4 Å². The van der Waals surface area contributed by atoms with Crippen molar-refractivity contribution >= 4 is 5.78 Å². The Morgan fingerprint density at radius 1 is 1.53 bits per heavy atom. The van der Waals surface area contributed by atoms with Gasteiger partial charge in [-0.1, -0.05) is 0 Å². The molecule has 1 aromatic heterocycles. The third-order valence-corrected chi connectivity index (χ3v) is 3.53. The Labute approximate surface area is 112 Å². The van der Waals surface area contributed by atoms with Crippen molar-refractivity contribution in [2.45, 2.75) is 19.3 Å². The van der Waals surface area contributed by atoms with Crippen LogP contribution in [0.15, 0.2) is 18.3 Å². The molecule has 0 aliphatic carbocycles. The summed E-state index contributed by atoms with van der Waals surface area (Å²) in [6.45, 7) is 2.71. The number of aromatic nitrogens is 1. The minimum Gasteiger partial charge on any atom is -0.396 e. The lowest BCUT2D eigenvalue weighted by Crippen LogP contribution is -2.38. The Kier molecular flexibility index (Phi) is 4.99. The first kappa shape index (κ1) is 14.1. The van der Waals surface area contributed by atoms with Crippen LogP contribution < -0.4 is 0 Å². The zero-order chi connectivity index (χ0) is 13.7. The zero-order valence-corrected chi connectivity index (χ0v) is 10.9. The average molecular weight is 266 g/mol. The predicted octanol–water partition coefficient (Wildman–Crippen LogP) is 1.50. The molecule has 0 spiro atoms. The van der Waals surface area contributed by atoms with E-state index in [0.29, 0.717) is 24.6 Å². The first-order chi connectivity index (χ1) is 9.19.